The monoisotopic (exact) mass is 301 g/mol. The molecule has 21 heavy (non-hydrogen) atoms. The number of aromatic nitrogens is 2. The molecular formula is C16H16ClN3O. The minimum Gasteiger partial charge on any atom is -0.491 e. The summed E-state index contributed by atoms with van der Waals surface area (Å²) in [6.45, 7) is 2.23. The average Bonchev–Trinajstić information content (AvgIpc) is 3.32. The Kier molecular flexibility index (Phi) is 3.19. The van der Waals surface area contributed by atoms with Gasteiger partial charge in [0.15, 0.2) is 0 Å². The van der Waals surface area contributed by atoms with E-state index >= 15 is 0 Å². The summed E-state index contributed by atoms with van der Waals surface area (Å²) in [7, 11) is 0. The van der Waals surface area contributed by atoms with Gasteiger partial charge in [0.2, 0.25) is 0 Å². The number of fused-ring (bicyclic) bond motifs is 1. The van der Waals surface area contributed by atoms with Crippen LogP contribution in [0.3, 0.4) is 0 Å². The van der Waals surface area contributed by atoms with Gasteiger partial charge in [0.05, 0.1) is 6.54 Å². The molecule has 1 aromatic carbocycles. The molecule has 0 radical (unpaired) electrons. The molecule has 0 amide bonds. The molecule has 1 fully saturated rings. The Balaban J connectivity index is 1.67. The van der Waals surface area contributed by atoms with Crippen LogP contribution in [0.1, 0.15) is 30.1 Å². The molecule has 1 aliphatic heterocycles. The maximum absolute atomic E-state index is 6.17. The maximum atomic E-state index is 6.17. The topological polar surface area (TPSA) is 38.2 Å². The summed E-state index contributed by atoms with van der Waals surface area (Å²) in [5.41, 5.74) is 1.18. The molecule has 0 unspecified atom stereocenters. The first-order valence-electron chi connectivity index (χ1n) is 7.30. The van der Waals surface area contributed by atoms with Crippen LogP contribution >= 0.6 is 11.6 Å². The van der Waals surface area contributed by atoms with Crippen LogP contribution in [0.2, 0.25) is 5.15 Å². The summed E-state index contributed by atoms with van der Waals surface area (Å²) in [6, 6.07) is 10.00. The highest BCUT2D eigenvalue weighted by molar-refractivity contribution is 6.29. The second-order valence-corrected chi connectivity index (χ2v) is 5.95. The predicted molar refractivity (Wildman–Crippen MR) is 82.0 cm³/mol. The first-order chi connectivity index (χ1) is 10.3. The van der Waals surface area contributed by atoms with Crippen LogP contribution in [0.25, 0.3) is 0 Å². The molecule has 2 heterocycles. The third kappa shape index (κ3) is 2.68. The number of para-hydroxylation sites is 1. The van der Waals surface area contributed by atoms with Crippen LogP contribution in [0.15, 0.2) is 30.3 Å². The number of nitrogens with zero attached hydrogens (tertiary/aromatic N) is 3. The summed E-state index contributed by atoms with van der Waals surface area (Å²) >= 11 is 6.17. The number of benzene rings is 1. The van der Waals surface area contributed by atoms with Crippen LogP contribution in [0.5, 0.6) is 5.75 Å². The van der Waals surface area contributed by atoms with E-state index in [9.17, 15) is 0 Å². The molecule has 1 aliphatic carbocycles. The molecule has 5 heteroatoms. The Morgan fingerprint density at radius 2 is 2.05 bits per heavy atom. The second-order valence-electron chi connectivity index (χ2n) is 5.56. The van der Waals surface area contributed by atoms with E-state index in [1.165, 1.54) is 18.4 Å². The van der Waals surface area contributed by atoms with E-state index in [0.717, 1.165) is 30.5 Å². The van der Waals surface area contributed by atoms with E-state index < -0.39 is 0 Å². The molecule has 4 rings (SSSR count). The van der Waals surface area contributed by atoms with E-state index in [4.69, 9.17) is 21.3 Å². The Labute approximate surface area is 128 Å². The SMILES string of the molecule is Clc1cc(N2CCOc3ccccc3C2)nc(C2CC2)n1. The molecule has 0 saturated heterocycles. The quantitative estimate of drug-likeness (QED) is 0.797. The Morgan fingerprint density at radius 3 is 2.90 bits per heavy atom. The van der Waals surface area contributed by atoms with E-state index in [0.29, 0.717) is 17.7 Å². The number of hydrogen-bond acceptors (Lipinski definition) is 4. The molecule has 0 atom stereocenters. The predicted octanol–water partition coefficient (Wildman–Crippen LogP) is 3.41. The zero-order valence-electron chi connectivity index (χ0n) is 11.6. The van der Waals surface area contributed by atoms with Gasteiger partial charge >= 0.3 is 0 Å². The number of ether oxygens (including phenoxy) is 1. The van der Waals surface area contributed by atoms with Gasteiger partial charge < -0.3 is 9.64 Å². The summed E-state index contributed by atoms with van der Waals surface area (Å²) in [4.78, 5) is 11.3. The fourth-order valence-corrected chi connectivity index (χ4v) is 2.81. The third-order valence-corrected chi connectivity index (χ3v) is 4.11. The van der Waals surface area contributed by atoms with Gasteiger partial charge in [0, 0.05) is 24.1 Å². The minimum atomic E-state index is 0.498. The summed E-state index contributed by atoms with van der Waals surface area (Å²) < 4.78 is 5.80. The van der Waals surface area contributed by atoms with Gasteiger partial charge in [-0.05, 0) is 18.9 Å². The molecule has 0 spiro atoms. The van der Waals surface area contributed by atoms with Crippen molar-refractivity contribution in [3.63, 3.8) is 0 Å². The number of anilines is 1. The van der Waals surface area contributed by atoms with Gasteiger partial charge in [-0.1, -0.05) is 29.8 Å². The summed E-state index contributed by atoms with van der Waals surface area (Å²) in [5, 5.41) is 0.528. The van der Waals surface area contributed by atoms with Crippen LogP contribution in [-0.4, -0.2) is 23.1 Å². The highest BCUT2D eigenvalue weighted by Gasteiger charge is 2.28. The Morgan fingerprint density at radius 1 is 1.19 bits per heavy atom. The van der Waals surface area contributed by atoms with Crippen molar-refractivity contribution in [1.29, 1.82) is 0 Å². The van der Waals surface area contributed by atoms with E-state index in [1.54, 1.807) is 0 Å². The fourth-order valence-electron chi connectivity index (χ4n) is 2.63. The fraction of sp³-hybridized carbons (Fsp3) is 0.375. The van der Waals surface area contributed by atoms with Crippen molar-refractivity contribution < 1.29 is 4.74 Å². The lowest BCUT2D eigenvalue weighted by Crippen LogP contribution is -2.26. The van der Waals surface area contributed by atoms with Crippen LogP contribution in [0, 0.1) is 0 Å². The molecule has 108 valence electrons. The highest BCUT2D eigenvalue weighted by atomic mass is 35.5. The van der Waals surface area contributed by atoms with Crippen molar-refractivity contribution in [2.75, 3.05) is 18.1 Å². The zero-order chi connectivity index (χ0) is 14.2. The lowest BCUT2D eigenvalue weighted by Gasteiger charge is -2.21. The lowest BCUT2D eigenvalue weighted by atomic mass is 10.2. The molecule has 1 saturated carbocycles. The van der Waals surface area contributed by atoms with Crippen LogP contribution in [-0.2, 0) is 6.54 Å². The van der Waals surface area contributed by atoms with Crippen molar-refractivity contribution in [3.05, 3.63) is 46.9 Å². The standard InChI is InChI=1S/C16H16ClN3O/c17-14-9-15(19-16(18-14)11-5-6-11)20-7-8-21-13-4-2-1-3-12(13)10-20/h1-4,9,11H,5-8,10H2. The van der Waals surface area contributed by atoms with Crippen LogP contribution in [0.4, 0.5) is 5.82 Å². The largest absolute Gasteiger partial charge is 0.491 e. The van der Waals surface area contributed by atoms with Crippen molar-refractivity contribution in [2.24, 2.45) is 0 Å². The van der Waals surface area contributed by atoms with Gasteiger partial charge in [-0.2, -0.15) is 0 Å². The molecular weight excluding hydrogens is 286 g/mol. The summed E-state index contributed by atoms with van der Waals surface area (Å²) in [6.07, 6.45) is 2.34. The lowest BCUT2D eigenvalue weighted by molar-refractivity contribution is 0.331. The molecule has 2 aliphatic rings. The van der Waals surface area contributed by atoms with Crippen molar-refractivity contribution in [2.45, 2.75) is 25.3 Å². The molecule has 0 N–H and O–H groups in total. The molecule has 1 aromatic heterocycles. The number of hydrogen-bond donors (Lipinski definition) is 0. The highest BCUT2D eigenvalue weighted by Crippen LogP contribution is 2.39. The molecule has 4 nitrogen and oxygen atoms in total. The first kappa shape index (κ1) is 12.9. The van der Waals surface area contributed by atoms with Crippen molar-refractivity contribution in [3.8, 4) is 5.75 Å². The Bertz CT molecular complexity index is 672. The van der Waals surface area contributed by atoms with Crippen molar-refractivity contribution in [1.82, 2.24) is 9.97 Å². The second kappa shape index (κ2) is 5.19. The summed E-state index contributed by atoms with van der Waals surface area (Å²) in [5.74, 6) is 3.24. The Hall–Kier alpha value is -1.81. The molecule has 2 aromatic rings. The van der Waals surface area contributed by atoms with Gasteiger partial charge in [0.25, 0.3) is 0 Å². The van der Waals surface area contributed by atoms with Crippen LogP contribution < -0.4 is 9.64 Å². The maximum Gasteiger partial charge on any atom is 0.135 e. The van der Waals surface area contributed by atoms with Crippen molar-refractivity contribution >= 4 is 17.4 Å². The van der Waals surface area contributed by atoms with Gasteiger partial charge in [-0.15, -0.1) is 0 Å². The number of rotatable bonds is 2. The normalized spacial score (nSPS) is 17.9. The molecule has 0 bridgehead atoms. The average molecular weight is 302 g/mol. The van der Waals surface area contributed by atoms with E-state index in [-0.39, 0.29) is 0 Å². The minimum absolute atomic E-state index is 0.498. The van der Waals surface area contributed by atoms with Gasteiger partial charge in [-0.3, -0.25) is 0 Å². The van der Waals surface area contributed by atoms with Gasteiger partial charge in [-0.25, -0.2) is 9.97 Å². The number of halogens is 1. The van der Waals surface area contributed by atoms with Gasteiger partial charge in [0.1, 0.15) is 29.2 Å². The smallest absolute Gasteiger partial charge is 0.135 e. The van der Waals surface area contributed by atoms with E-state index in [2.05, 4.69) is 16.0 Å². The zero-order valence-corrected chi connectivity index (χ0v) is 12.4. The third-order valence-electron chi connectivity index (χ3n) is 3.92. The first-order valence-corrected chi connectivity index (χ1v) is 7.67. The van der Waals surface area contributed by atoms with E-state index in [1.807, 2.05) is 24.3 Å².